The molecule has 0 aromatic carbocycles. The molecule has 0 aromatic rings. The molecule has 0 saturated carbocycles. The standard InChI is InChI=1S/C11H17ClO10/c12-11(9(17)18,10(19)20)1-2-21-8-7(16)6(15)5(14)4(3-13)22-8/h4-8,13-16H,1-3H2,(H,17,18)(H,19,20)/t4-,5-,6+,7+,8?/m1/s1. The molecule has 22 heavy (non-hydrogen) atoms. The van der Waals surface area contributed by atoms with Crippen LogP contribution in [0.2, 0.25) is 0 Å². The maximum Gasteiger partial charge on any atom is 0.336 e. The monoisotopic (exact) mass is 344 g/mol. The van der Waals surface area contributed by atoms with Crippen LogP contribution in [-0.4, -0.2) is 91.4 Å². The van der Waals surface area contributed by atoms with Crippen molar-refractivity contribution < 1.29 is 49.7 Å². The van der Waals surface area contributed by atoms with Gasteiger partial charge in [0, 0.05) is 6.42 Å². The van der Waals surface area contributed by atoms with Crippen molar-refractivity contribution >= 4 is 23.5 Å². The number of ether oxygens (including phenoxy) is 2. The highest BCUT2D eigenvalue weighted by Crippen LogP contribution is 2.25. The average Bonchev–Trinajstić information content (AvgIpc) is 2.46. The lowest BCUT2D eigenvalue weighted by Gasteiger charge is -2.39. The summed E-state index contributed by atoms with van der Waals surface area (Å²) in [6.45, 7) is -1.18. The van der Waals surface area contributed by atoms with Gasteiger partial charge < -0.3 is 40.1 Å². The number of hydrogen-bond acceptors (Lipinski definition) is 8. The van der Waals surface area contributed by atoms with Crippen molar-refractivity contribution in [3.8, 4) is 0 Å². The Morgan fingerprint density at radius 1 is 1.09 bits per heavy atom. The Bertz CT molecular complexity index is 400. The van der Waals surface area contributed by atoms with Crippen LogP contribution in [-0.2, 0) is 19.1 Å². The number of carbonyl (C=O) groups is 2. The summed E-state index contributed by atoms with van der Waals surface area (Å²) in [6, 6.07) is 0. The summed E-state index contributed by atoms with van der Waals surface area (Å²) in [5.74, 6) is -3.56. The smallest absolute Gasteiger partial charge is 0.336 e. The van der Waals surface area contributed by atoms with Crippen molar-refractivity contribution in [2.75, 3.05) is 13.2 Å². The molecule has 6 N–H and O–H groups in total. The minimum Gasteiger partial charge on any atom is -0.479 e. The number of aliphatic hydroxyl groups is 4. The Morgan fingerprint density at radius 3 is 2.09 bits per heavy atom. The molecule has 10 nitrogen and oxygen atoms in total. The normalized spacial score (nSPS) is 32.7. The number of carboxylic acids is 2. The lowest BCUT2D eigenvalue weighted by atomic mass is 9.99. The van der Waals surface area contributed by atoms with Gasteiger partial charge in [-0.3, -0.25) is 0 Å². The van der Waals surface area contributed by atoms with Crippen LogP contribution >= 0.6 is 11.6 Å². The number of hydrogen-bond donors (Lipinski definition) is 6. The topological polar surface area (TPSA) is 174 Å². The van der Waals surface area contributed by atoms with Gasteiger partial charge in [-0.2, -0.15) is 0 Å². The number of halogens is 1. The van der Waals surface area contributed by atoms with Gasteiger partial charge in [0.1, 0.15) is 24.4 Å². The van der Waals surface area contributed by atoms with E-state index in [1.807, 2.05) is 0 Å². The summed E-state index contributed by atoms with van der Waals surface area (Å²) in [5, 5.41) is 55.3. The largest absolute Gasteiger partial charge is 0.479 e. The van der Waals surface area contributed by atoms with Gasteiger partial charge >= 0.3 is 11.9 Å². The molecule has 1 saturated heterocycles. The Morgan fingerprint density at radius 2 is 1.64 bits per heavy atom. The van der Waals surface area contributed by atoms with Crippen molar-refractivity contribution in [3.05, 3.63) is 0 Å². The number of carboxylic acid groups (broad SMARTS) is 2. The molecule has 0 aromatic heterocycles. The predicted molar refractivity (Wildman–Crippen MR) is 68.2 cm³/mol. The molecule has 1 aliphatic rings. The van der Waals surface area contributed by atoms with Gasteiger partial charge in [0.25, 0.3) is 0 Å². The van der Waals surface area contributed by atoms with E-state index in [1.165, 1.54) is 0 Å². The van der Waals surface area contributed by atoms with Crippen LogP contribution in [0.1, 0.15) is 6.42 Å². The molecule has 1 fully saturated rings. The van der Waals surface area contributed by atoms with Crippen LogP contribution in [0.5, 0.6) is 0 Å². The molecule has 0 bridgehead atoms. The van der Waals surface area contributed by atoms with Crippen molar-refractivity contribution in [1.82, 2.24) is 0 Å². The molecule has 0 aliphatic carbocycles. The van der Waals surface area contributed by atoms with Crippen LogP contribution in [0.15, 0.2) is 0 Å². The van der Waals surface area contributed by atoms with Gasteiger partial charge in [0.2, 0.25) is 4.87 Å². The number of alkyl halides is 1. The molecule has 1 rings (SSSR count). The summed E-state index contributed by atoms with van der Waals surface area (Å²) in [5.41, 5.74) is 0. The fraction of sp³-hybridized carbons (Fsp3) is 0.818. The second-order valence-electron chi connectivity index (χ2n) is 4.73. The summed E-state index contributed by atoms with van der Waals surface area (Å²) >= 11 is 5.46. The first-order valence-corrected chi connectivity index (χ1v) is 6.60. The molecular formula is C11H17ClO10. The van der Waals surface area contributed by atoms with Gasteiger partial charge in [-0.1, -0.05) is 11.6 Å². The predicted octanol–water partition coefficient (Wildman–Crippen LogP) is -2.66. The SMILES string of the molecule is O=C(O)C(Cl)(CCOC1O[C@H](CO)[C@@H](O)[C@H](O)[C@@H]1O)C(=O)O. The van der Waals surface area contributed by atoms with Crippen molar-refractivity contribution in [2.45, 2.75) is 42.0 Å². The van der Waals surface area contributed by atoms with Gasteiger partial charge in [-0.25, -0.2) is 9.59 Å². The number of rotatable bonds is 7. The quantitative estimate of drug-likeness (QED) is 0.211. The molecule has 1 unspecified atom stereocenters. The Labute approximate surface area is 129 Å². The van der Waals surface area contributed by atoms with Crippen molar-refractivity contribution in [3.63, 3.8) is 0 Å². The fourth-order valence-corrected chi connectivity index (χ4v) is 1.90. The first kappa shape index (κ1) is 19.0. The molecular weight excluding hydrogens is 328 g/mol. The molecule has 0 spiro atoms. The van der Waals surface area contributed by atoms with Gasteiger partial charge in [-0.15, -0.1) is 0 Å². The molecule has 128 valence electrons. The van der Waals surface area contributed by atoms with Crippen LogP contribution < -0.4 is 0 Å². The van der Waals surface area contributed by atoms with Gasteiger partial charge in [0.15, 0.2) is 6.29 Å². The first-order chi connectivity index (χ1) is 10.1. The molecule has 1 aliphatic heterocycles. The average molecular weight is 345 g/mol. The third-order valence-corrected chi connectivity index (χ3v) is 3.77. The van der Waals surface area contributed by atoms with E-state index in [0.29, 0.717) is 0 Å². The summed E-state index contributed by atoms with van der Waals surface area (Å²) in [4.78, 5) is 19.1. The van der Waals surface area contributed by atoms with E-state index in [4.69, 9.17) is 36.4 Å². The minimum absolute atomic E-state index is 0.523. The lowest BCUT2D eigenvalue weighted by molar-refractivity contribution is -0.301. The maximum atomic E-state index is 10.8. The van der Waals surface area contributed by atoms with E-state index < -0.39 is 67.2 Å². The molecule has 11 heteroatoms. The third kappa shape index (κ3) is 3.84. The Balaban J connectivity index is 2.63. The zero-order valence-corrected chi connectivity index (χ0v) is 12.0. The zero-order chi connectivity index (χ0) is 17.1. The summed E-state index contributed by atoms with van der Waals surface area (Å²) < 4.78 is 9.97. The van der Waals surface area contributed by atoms with Crippen molar-refractivity contribution in [1.29, 1.82) is 0 Å². The number of aliphatic hydroxyl groups excluding tert-OH is 4. The minimum atomic E-state index is -2.60. The van der Waals surface area contributed by atoms with E-state index in [9.17, 15) is 24.9 Å². The van der Waals surface area contributed by atoms with E-state index in [-0.39, 0.29) is 0 Å². The van der Waals surface area contributed by atoms with Crippen LogP contribution in [0.25, 0.3) is 0 Å². The van der Waals surface area contributed by atoms with E-state index in [1.54, 1.807) is 0 Å². The highest BCUT2D eigenvalue weighted by molar-refractivity contribution is 6.44. The van der Waals surface area contributed by atoms with Crippen LogP contribution in [0.4, 0.5) is 0 Å². The number of aliphatic carboxylic acids is 2. The molecule has 1 heterocycles. The molecule has 0 amide bonds. The van der Waals surface area contributed by atoms with Crippen LogP contribution in [0, 0.1) is 0 Å². The summed E-state index contributed by atoms with van der Waals surface area (Å²) in [7, 11) is 0. The first-order valence-electron chi connectivity index (χ1n) is 6.23. The van der Waals surface area contributed by atoms with Gasteiger partial charge in [0.05, 0.1) is 13.2 Å². The van der Waals surface area contributed by atoms with E-state index >= 15 is 0 Å². The van der Waals surface area contributed by atoms with Gasteiger partial charge in [-0.05, 0) is 0 Å². The lowest BCUT2D eigenvalue weighted by Crippen LogP contribution is -2.59. The highest BCUT2D eigenvalue weighted by atomic mass is 35.5. The zero-order valence-electron chi connectivity index (χ0n) is 11.2. The molecule has 0 radical (unpaired) electrons. The third-order valence-electron chi connectivity index (χ3n) is 3.26. The maximum absolute atomic E-state index is 10.8. The Kier molecular flexibility index (Phi) is 6.50. The molecule has 5 atom stereocenters. The van der Waals surface area contributed by atoms with E-state index in [2.05, 4.69) is 0 Å². The second kappa shape index (κ2) is 7.51. The fourth-order valence-electron chi connectivity index (χ4n) is 1.83. The van der Waals surface area contributed by atoms with Crippen LogP contribution in [0.3, 0.4) is 0 Å². The van der Waals surface area contributed by atoms with E-state index in [0.717, 1.165) is 0 Å². The summed E-state index contributed by atoms with van der Waals surface area (Å²) in [6.07, 6.45) is -8.21. The second-order valence-corrected chi connectivity index (χ2v) is 5.37. The highest BCUT2D eigenvalue weighted by Gasteiger charge is 2.47. The van der Waals surface area contributed by atoms with Crippen molar-refractivity contribution in [2.24, 2.45) is 0 Å². The Hall–Kier alpha value is -1.01.